The van der Waals surface area contributed by atoms with Crippen molar-refractivity contribution in [2.45, 2.75) is 64.6 Å². The Morgan fingerprint density at radius 3 is 2.74 bits per heavy atom. The van der Waals surface area contributed by atoms with E-state index in [2.05, 4.69) is 18.9 Å². The zero-order valence-corrected chi connectivity index (χ0v) is 19.5. The molecule has 0 aromatic carbocycles. The molecule has 31 heavy (non-hydrogen) atoms. The van der Waals surface area contributed by atoms with Crippen molar-refractivity contribution in [2.24, 2.45) is 28.6 Å². The van der Waals surface area contributed by atoms with Gasteiger partial charge in [0.05, 0.1) is 19.1 Å². The average molecular weight is 432 g/mol. The second-order valence-electron chi connectivity index (χ2n) is 10.6. The van der Waals surface area contributed by atoms with Gasteiger partial charge in [-0.25, -0.2) is 0 Å². The Morgan fingerprint density at radius 1 is 1.29 bits per heavy atom. The van der Waals surface area contributed by atoms with E-state index in [4.69, 9.17) is 14.2 Å². The van der Waals surface area contributed by atoms with Crippen molar-refractivity contribution in [1.29, 1.82) is 0 Å². The summed E-state index contributed by atoms with van der Waals surface area (Å²) in [6.45, 7) is 6.96. The predicted molar refractivity (Wildman–Crippen MR) is 115 cm³/mol. The number of hydrogen-bond acceptors (Lipinski definition) is 6. The first-order valence-corrected chi connectivity index (χ1v) is 12.2. The Labute approximate surface area is 185 Å². The van der Waals surface area contributed by atoms with Crippen LogP contribution in [0, 0.1) is 28.6 Å². The first-order valence-electron chi connectivity index (χ1n) is 12.2. The van der Waals surface area contributed by atoms with Crippen LogP contribution in [-0.4, -0.2) is 62.9 Å². The molecule has 0 amide bonds. The van der Waals surface area contributed by atoms with Crippen molar-refractivity contribution in [1.82, 2.24) is 4.90 Å². The van der Waals surface area contributed by atoms with Crippen LogP contribution in [0.1, 0.15) is 58.8 Å². The maximum absolute atomic E-state index is 13.1. The highest BCUT2D eigenvalue weighted by Crippen LogP contribution is 2.71. The summed E-state index contributed by atoms with van der Waals surface area (Å²) < 4.78 is 17.9. The lowest BCUT2D eigenvalue weighted by Crippen LogP contribution is -2.64. The van der Waals surface area contributed by atoms with Crippen LogP contribution in [0.2, 0.25) is 0 Å². The zero-order chi connectivity index (χ0) is 22.0. The standard InChI is InChI=1S/C25H37NO5/c1-5-25(29-4)10-9-23(15-31-25)16-7-8-17-20(27)11-18-19(22(28)30-6-2)12-24(23,21(17)18)14-26(3)13-16/h16,18-19H,5-15H2,1-4H3/t16-,18+,19-,23+,24-,25-/m1/s1. The molecular formula is C25H37NO5. The number of piperidine rings is 1. The number of esters is 1. The van der Waals surface area contributed by atoms with E-state index in [1.165, 1.54) is 5.57 Å². The maximum Gasteiger partial charge on any atom is 0.309 e. The molecular weight excluding hydrogens is 394 g/mol. The molecule has 0 radical (unpaired) electrons. The predicted octanol–water partition coefficient (Wildman–Crippen LogP) is 3.35. The van der Waals surface area contributed by atoms with Gasteiger partial charge in [0.25, 0.3) is 0 Å². The third-order valence-corrected chi connectivity index (χ3v) is 9.60. The molecule has 6 nitrogen and oxygen atoms in total. The summed E-state index contributed by atoms with van der Waals surface area (Å²) in [6.07, 6.45) is 5.89. The molecule has 2 spiro atoms. The van der Waals surface area contributed by atoms with Crippen molar-refractivity contribution in [3.63, 3.8) is 0 Å². The van der Waals surface area contributed by atoms with Gasteiger partial charge in [0.1, 0.15) is 0 Å². The van der Waals surface area contributed by atoms with Gasteiger partial charge in [-0.1, -0.05) is 12.5 Å². The van der Waals surface area contributed by atoms with Crippen LogP contribution in [0.4, 0.5) is 0 Å². The lowest BCUT2D eigenvalue weighted by molar-refractivity contribution is -0.295. The van der Waals surface area contributed by atoms with Crippen LogP contribution in [-0.2, 0) is 23.8 Å². The lowest BCUT2D eigenvalue weighted by atomic mass is 9.50. The lowest BCUT2D eigenvalue weighted by Gasteiger charge is -2.62. The van der Waals surface area contributed by atoms with E-state index in [9.17, 15) is 9.59 Å². The van der Waals surface area contributed by atoms with E-state index in [1.807, 2.05) is 6.92 Å². The molecule has 2 heterocycles. The van der Waals surface area contributed by atoms with Gasteiger partial charge in [0.15, 0.2) is 11.6 Å². The molecule has 172 valence electrons. The number of hydrogen-bond donors (Lipinski definition) is 0. The second-order valence-corrected chi connectivity index (χ2v) is 10.6. The molecule has 3 aliphatic carbocycles. The van der Waals surface area contributed by atoms with Crippen LogP contribution in [0.5, 0.6) is 0 Å². The summed E-state index contributed by atoms with van der Waals surface area (Å²) in [5, 5.41) is 0. The van der Waals surface area contributed by atoms with Gasteiger partial charge in [-0.05, 0) is 57.6 Å². The molecule has 0 unspecified atom stereocenters. The van der Waals surface area contributed by atoms with Crippen LogP contribution in [0.3, 0.4) is 0 Å². The van der Waals surface area contributed by atoms with Crippen LogP contribution < -0.4 is 0 Å². The Hall–Kier alpha value is -1.24. The Kier molecular flexibility index (Phi) is 5.15. The highest BCUT2D eigenvalue weighted by Gasteiger charge is 2.70. The van der Waals surface area contributed by atoms with Crippen LogP contribution >= 0.6 is 0 Å². The molecule has 0 N–H and O–H groups in total. The zero-order valence-electron chi connectivity index (χ0n) is 19.5. The Morgan fingerprint density at radius 2 is 2.10 bits per heavy atom. The quantitative estimate of drug-likeness (QED) is 0.636. The van der Waals surface area contributed by atoms with E-state index < -0.39 is 5.79 Å². The topological polar surface area (TPSA) is 65.1 Å². The molecule has 0 aromatic rings. The Balaban J connectivity index is 1.63. The fraction of sp³-hybridized carbons (Fsp3) is 0.840. The SMILES string of the molecule is CCOC(=O)[C@@H]1C[C@@]23CN(C)C[C@@H](CCC4=C2[C@H]1CC4=O)[C@@]31CC[C@](CC)(OC)OC1. The number of ketones is 1. The molecule has 1 saturated carbocycles. The minimum atomic E-state index is -0.504. The molecule has 2 bridgehead atoms. The Bertz CT molecular complexity index is 805. The fourth-order valence-corrected chi connectivity index (χ4v) is 8.22. The number of methoxy groups -OCH3 is 1. The molecule has 5 aliphatic rings. The smallest absolute Gasteiger partial charge is 0.309 e. The number of rotatable bonds is 4. The summed E-state index contributed by atoms with van der Waals surface area (Å²) in [5.74, 6) is -0.0840. The van der Waals surface area contributed by atoms with Crippen molar-refractivity contribution in [3.8, 4) is 0 Å². The number of carbonyl (C=O) groups excluding carboxylic acids is 2. The van der Waals surface area contributed by atoms with Crippen LogP contribution in [0.15, 0.2) is 11.1 Å². The average Bonchev–Trinajstić information content (AvgIpc) is 3.23. The first-order chi connectivity index (χ1) is 14.9. The van der Waals surface area contributed by atoms with E-state index in [0.717, 1.165) is 57.2 Å². The van der Waals surface area contributed by atoms with E-state index >= 15 is 0 Å². The summed E-state index contributed by atoms with van der Waals surface area (Å²) in [5.41, 5.74) is 2.14. The second kappa shape index (κ2) is 7.39. The number of nitrogens with zero attached hydrogens (tertiary/aromatic N) is 1. The maximum atomic E-state index is 13.1. The van der Waals surface area contributed by atoms with Gasteiger partial charge in [0, 0.05) is 49.8 Å². The molecule has 2 aliphatic heterocycles. The largest absolute Gasteiger partial charge is 0.466 e. The monoisotopic (exact) mass is 431 g/mol. The number of allylic oxidation sites excluding steroid dienone is 1. The number of Topliss-reactive ketones (excluding diaryl/α,β-unsaturated/α-hetero) is 1. The van der Waals surface area contributed by atoms with Gasteiger partial charge in [-0.2, -0.15) is 0 Å². The van der Waals surface area contributed by atoms with Crippen molar-refractivity contribution >= 4 is 11.8 Å². The van der Waals surface area contributed by atoms with E-state index in [1.54, 1.807) is 7.11 Å². The third-order valence-electron chi connectivity index (χ3n) is 9.60. The minimum absolute atomic E-state index is 0.0176. The molecule has 6 atom stereocenters. The first kappa shape index (κ1) is 21.6. The van der Waals surface area contributed by atoms with Gasteiger partial charge in [0.2, 0.25) is 0 Å². The van der Waals surface area contributed by atoms with Gasteiger partial charge in [-0.3, -0.25) is 9.59 Å². The molecule has 3 fully saturated rings. The van der Waals surface area contributed by atoms with Crippen molar-refractivity contribution in [3.05, 3.63) is 11.1 Å². The molecule has 2 saturated heterocycles. The highest BCUT2D eigenvalue weighted by atomic mass is 16.7. The number of likely N-dealkylation sites (tertiary alicyclic amines) is 1. The molecule has 0 aromatic heterocycles. The molecule has 5 rings (SSSR count). The van der Waals surface area contributed by atoms with Crippen molar-refractivity contribution < 1.29 is 23.8 Å². The van der Waals surface area contributed by atoms with Crippen molar-refractivity contribution in [2.75, 3.05) is 40.5 Å². The molecule has 6 heteroatoms. The fourth-order valence-electron chi connectivity index (χ4n) is 8.22. The third kappa shape index (κ3) is 2.80. The van der Waals surface area contributed by atoms with E-state index in [0.29, 0.717) is 25.6 Å². The summed E-state index contributed by atoms with van der Waals surface area (Å²) in [6, 6.07) is 0. The van der Waals surface area contributed by atoms with E-state index in [-0.39, 0.29) is 34.4 Å². The summed E-state index contributed by atoms with van der Waals surface area (Å²) in [7, 11) is 3.95. The summed E-state index contributed by atoms with van der Waals surface area (Å²) in [4.78, 5) is 28.6. The van der Waals surface area contributed by atoms with Gasteiger partial charge in [-0.15, -0.1) is 0 Å². The van der Waals surface area contributed by atoms with Crippen LogP contribution in [0.25, 0.3) is 0 Å². The normalized spacial score (nSPS) is 44.5. The number of ether oxygens (including phenoxy) is 3. The van der Waals surface area contributed by atoms with Gasteiger partial charge >= 0.3 is 5.97 Å². The minimum Gasteiger partial charge on any atom is -0.466 e. The van der Waals surface area contributed by atoms with Gasteiger partial charge < -0.3 is 19.1 Å². The highest BCUT2D eigenvalue weighted by molar-refractivity contribution is 6.01. The summed E-state index contributed by atoms with van der Waals surface area (Å²) >= 11 is 0. The number of carbonyl (C=O) groups is 2.